The van der Waals surface area contributed by atoms with Crippen LogP contribution in [0.3, 0.4) is 0 Å². The van der Waals surface area contributed by atoms with Crippen LogP contribution in [0.25, 0.3) is 0 Å². The van der Waals surface area contributed by atoms with Crippen molar-refractivity contribution < 1.29 is 0 Å². The molecule has 0 aromatic rings. The van der Waals surface area contributed by atoms with E-state index in [-0.39, 0.29) is 0 Å². The van der Waals surface area contributed by atoms with Gasteiger partial charge in [0.1, 0.15) is 0 Å². The van der Waals surface area contributed by atoms with Crippen LogP contribution in [0.15, 0.2) is 12.2 Å². The summed E-state index contributed by atoms with van der Waals surface area (Å²) in [6.45, 7) is 2.33. The fourth-order valence-electron chi connectivity index (χ4n) is 4.77. The fraction of sp³-hybridized carbons (Fsp3) is 0.850. The van der Waals surface area contributed by atoms with Crippen LogP contribution in [-0.2, 0) is 0 Å². The van der Waals surface area contributed by atoms with E-state index in [0.717, 1.165) is 30.1 Å². The molecule has 0 radical (unpaired) electrons. The Morgan fingerprint density at radius 1 is 0.857 bits per heavy atom. The lowest BCUT2D eigenvalue weighted by atomic mass is 9.68. The fourth-order valence-corrected chi connectivity index (χ4v) is 4.77. The lowest BCUT2D eigenvalue weighted by Gasteiger charge is -2.38. The van der Waals surface area contributed by atoms with Crippen molar-refractivity contribution in [3.63, 3.8) is 0 Å². The van der Waals surface area contributed by atoms with Gasteiger partial charge in [0.05, 0.1) is 6.07 Å². The maximum atomic E-state index is 8.50. The molecule has 0 heterocycles. The average molecular weight is 287 g/mol. The van der Waals surface area contributed by atoms with Crippen molar-refractivity contribution in [2.75, 3.05) is 0 Å². The standard InChI is InChI=1S/C20H33N/c1-2-6-17-8-12-19(13-9-17)20-14-10-18(11-15-20)7-4-3-5-16-21/h3,5,17-20H,2,4,6-15H2,1H3. The molecule has 0 bridgehead atoms. The van der Waals surface area contributed by atoms with Gasteiger partial charge in [-0.3, -0.25) is 0 Å². The van der Waals surface area contributed by atoms with E-state index < -0.39 is 0 Å². The normalized spacial score (nSPS) is 33.9. The highest BCUT2D eigenvalue weighted by Crippen LogP contribution is 2.42. The summed E-state index contributed by atoms with van der Waals surface area (Å²) in [5.74, 6) is 4.08. The van der Waals surface area contributed by atoms with E-state index in [1.54, 1.807) is 6.08 Å². The number of allylic oxidation sites excluding steroid dienone is 2. The molecule has 118 valence electrons. The van der Waals surface area contributed by atoms with Crippen molar-refractivity contribution in [2.45, 2.75) is 84.0 Å². The molecule has 2 aliphatic carbocycles. The van der Waals surface area contributed by atoms with Crippen LogP contribution < -0.4 is 0 Å². The van der Waals surface area contributed by atoms with Crippen LogP contribution in [0.2, 0.25) is 0 Å². The Hall–Kier alpha value is -0.770. The predicted octanol–water partition coefficient (Wildman–Crippen LogP) is 6.26. The summed E-state index contributed by atoms with van der Waals surface area (Å²) in [5, 5.41) is 8.50. The molecule has 0 atom stereocenters. The SMILES string of the molecule is CCCC1CCC(C2CCC(CCC=CC#N)CC2)CC1. The van der Waals surface area contributed by atoms with Crippen molar-refractivity contribution in [2.24, 2.45) is 23.7 Å². The predicted molar refractivity (Wildman–Crippen MR) is 89.8 cm³/mol. The molecule has 0 aromatic carbocycles. The summed E-state index contributed by atoms with van der Waals surface area (Å²) in [5.41, 5.74) is 0. The second-order valence-electron chi connectivity index (χ2n) is 7.46. The highest BCUT2D eigenvalue weighted by molar-refractivity contribution is 5.01. The molecule has 1 nitrogen and oxygen atoms in total. The zero-order valence-corrected chi connectivity index (χ0v) is 13.9. The molecule has 2 fully saturated rings. The van der Waals surface area contributed by atoms with Crippen LogP contribution in [0.1, 0.15) is 84.0 Å². The first-order chi connectivity index (χ1) is 10.3. The van der Waals surface area contributed by atoms with E-state index in [1.165, 1.54) is 70.6 Å². The Labute approximate surface area is 131 Å². The molecule has 0 unspecified atom stereocenters. The van der Waals surface area contributed by atoms with Gasteiger partial charge >= 0.3 is 0 Å². The molecule has 0 aromatic heterocycles. The van der Waals surface area contributed by atoms with Crippen molar-refractivity contribution in [3.8, 4) is 6.07 Å². The third-order valence-corrected chi connectivity index (χ3v) is 6.08. The first kappa shape index (κ1) is 16.6. The van der Waals surface area contributed by atoms with E-state index in [0.29, 0.717) is 0 Å². The Balaban J connectivity index is 1.63. The monoisotopic (exact) mass is 287 g/mol. The Bertz CT molecular complexity index is 335. The van der Waals surface area contributed by atoms with Gasteiger partial charge in [0.25, 0.3) is 0 Å². The van der Waals surface area contributed by atoms with Crippen LogP contribution in [0.5, 0.6) is 0 Å². The molecular formula is C20H33N. The first-order valence-corrected chi connectivity index (χ1v) is 9.38. The molecular weight excluding hydrogens is 254 g/mol. The van der Waals surface area contributed by atoms with Crippen molar-refractivity contribution in [1.29, 1.82) is 5.26 Å². The molecule has 21 heavy (non-hydrogen) atoms. The van der Waals surface area contributed by atoms with E-state index in [1.807, 2.05) is 6.08 Å². The van der Waals surface area contributed by atoms with E-state index in [9.17, 15) is 0 Å². The minimum Gasteiger partial charge on any atom is -0.193 e. The minimum absolute atomic E-state index is 0.932. The Kier molecular flexibility index (Phi) is 7.34. The van der Waals surface area contributed by atoms with Crippen LogP contribution >= 0.6 is 0 Å². The highest BCUT2D eigenvalue weighted by Gasteiger charge is 2.30. The van der Waals surface area contributed by atoms with Crippen molar-refractivity contribution in [1.82, 2.24) is 0 Å². The number of hydrogen-bond acceptors (Lipinski definition) is 1. The second kappa shape index (κ2) is 9.29. The molecule has 2 saturated carbocycles. The number of rotatable bonds is 6. The third-order valence-electron chi connectivity index (χ3n) is 6.08. The summed E-state index contributed by atoms with van der Waals surface area (Å²) < 4.78 is 0. The van der Waals surface area contributed by atoms with Crippen LogP contribution in [0, 0.1) is 35.0 Å². The van der Waals surface area contributed by atoms with Gasteiger partial charge in [-0.25, -0.2) is 0 Å². The maximum Gasteiger partial charge on any atom is 0.0908 e. The zero-order valence-electron chi connectivity index (χ0n) is 13.9. The van der Waals surface area contributed by atoms with Gasteiger partial charge in [-0.05, 0) is 62.2 Å². The molecule has 1 heteroatoms. The third kappa shape index (κ3) is 5.50. The van der Waals surface area contributed by atoms with E-state index in [2.05, 4.69) is 13.0 Å². The lowest BCUT2D eigenvalue weighted by molar-refractivity contribution is 0.141. The first-order valence-electron chi connectivity index (χ1n) is 9.38. The number of nitriles is 1. The Morgan fingerprint density at radius 3 is 1.86 bits per heavy atom. The van der Waals surface area contributed by atoms with E-state index in [4.69, 9.17) is 5.26 Å². The molecule has 0 N–H and O–H groups in total. The van der Waals surface area contributed by atoms with Crippen LogP contribution in [-0.4, -0.2) is 0 Å². The summed E-state index contributed by atoms with van der Waals surface area (Å²) in [6, 6.07) is 2.09. The lowest BCUT2D eigenvalue weighted by Crippen LogP contribution is -2.25. The quantitative estimate of drug-likeness (QED) is 0.529. The number of hydrogen-bond donors (Lipinski definition) is 0. The smallest absolute Gasteiger partial charge is 0.0908 e. The minimum atomic E-state index is 0.932. The van der Waals surface area contributed by atoms with Crippen molar-refractivity contribution in [3.05, 3.63) is 12.2 Å². The summed E-state index contributed by atoms with van der Waals surface area (Å²) in [6.07, 6.45) is 20.8. The topological polar surface area (TPSA) is 23.8 Å². The number of nitrogens with zero attached hydrogens (tertiary/aromatic N) is 1. The van der Waals surface area contributed by atoms with E-state index >= 15 is 0 Å². The van der Waals surface area contributed by atoms with Crippen molar-refractivity contribution >= 4 is 0 Å². The molecule has 2 rings (SSSR count). The molecule has 0 spiro atoms. The average Bonchev–Trinajstić information content (AvgIpc) is 2.53. The zero-order chi connectivity index (χ0) is 14.9. The Morgan fingerprint density at radius 2 is 1.38 bits per heavy atom. The summed E-state index contributed by atoms with van der Waals surface area (Å²) >= 11 is 0. The maximum absolute atomic E-state index is 8.50. The van der Waals surface area contributed by atoms with Gasteiger partial charge in [-0.1, -0.05) is 51.5 Å². The largest absolute Gasteiger partial charge is 0.193 e. The molecule has 0 amide bonds. The molecule has 2 aliphatic rings. The van der Waals surface area contributed by atoms with Crippen LogP contribution in [0.4, 0.5) is 0 Å². The second-order valence-corrected chi connectivity index (χ2v) is 7.46. The van der Waals surface area contributed by atoms with Gasteiger partial charge in [-0.15, -0.1) is 0 Å². The van der Waals surface area contributed by atoms with Gasteiger partial charge in [0.15, 0.2) is 0 Å². The molecule has 0 saturated heterocycles. The van der Waals surface area contributed by atoms with Gasteiger partial charge < -0.3 is 0 Å². The summed E-state index contributed by atoms with van der Waals surface area (Å²) in [7, 11) is 0. The van der Waals surface area contributed by atoms with Gasteiger partial charge in [-0.2, -0.15) is 5.26 Å². The van der Waals surface area contributed by atoms with Gasteiger partial charge in [0.2, 0.25) is 0 Å². The highest BCUT2D eigenvalue weighted by atomic mass is 14.4. The summed E-state index contributed by atoms with van der Waals surface area (Å²) in [4.78, 5) is 0. The van der Waals surface area contributed by atoms with Gasteiger partial charge in [0, 0.05) is 6.08 Å². The molecule has 0 aliphatic heterocycles.